The van der Waals surface area contributed by atoms with Crippen molar-refractivity contribution in [3.8, 4) is 0 Å². The van der Waals surface area contributed by atoms with Crippen LogP contribution in [0.15, 0.2) is 0 Å². The normalized spacial score (nSPS) is 56.3. The molecular formula is C21H34O3. The number of fused-ring (bicyclic) bond motifs is 3. The van der Waals surface area contributed by atoms with E-state index in [1.54, 1.807) is 7.11 Å². The highest BCUT2D eigenvalue weighted by Crippen LogP contribution is 2.73. The Morgan fingerprint density at radius 3 is 2.46 bits per heavy atom. The van der Waals surface area contributed by atoms with Crippen LogP contribution in [0, 0.1) is 33.5 Å². The average Bonchev–Trinajstić information content (AvgIpc) is 2.70. The minimum atomic E-state index is -0.318. The summed E-state index contributed by atoms with van der Waals surface area (Å²) in [6.07, 6.45) is 10.1. The predicted octanol–water partition coefficient (Wildman–Crippen LogP) is 4.32. The maximum atomic E-state index is 12.6. The zero-order valence-electron chi connectivity index (χ0n) is 15.9. The van der Waals surface area contributed by atoms with Gasteiger partial charge in [-0.1, -0.05) is 20.3 Å². The maximum absolute atomic E-state index is 12.6. The van der Waals surface area contributed by atoms with Crippen molar-refractivity contribution in [2.45, 2.75) is 84.7 Å². The summed E-state index contributed by atoms with van der Waals surface area (Å²) in [5.41, 5.74) is 0.373. The van der Waals surface area contributed by atoms with Crippen LogP contribution in [0.4, 0.5) is 0 Å². The number of esters is 1. The first-order chi connectivity index (χ1) is 11.2. The molecule has 0 saturated heterocycles. The van der Waals surface area contributed by atoms with Crippen molar-refractivity contribution >= 4 is 5.97 Å². The van der Waals surface area contributed by atoms with E-state index in [4.69, 9.17) is 4.74 Å². The molecule has 0 radical (unpaired) electrons. The van der Waals surface area contributed by atoms with Crippen LogP contribution in [-0.2, 0) is 9.53 Å². The van der Waals surface area contributed by atoms with Crippen LogP contribution in [0.2, 0.25) is 0 Å². The van der Waals surface area contributed by atoms with Crippen LogP contribution in [0.5, 0.6) is 0 Å². The first kappa shape index (κ1) is 16.9. The molecule has 0 aromatic rings. The Balaban J connectivity index is 1.72. The van der Waals surface area contributed by atoms with Crippen molar-refractivity contribution in [1.29, 1.82) is 0 Å². The fourth-order valence-electron chi connectivity index (χ4n) is 8.21. The molecule has 136 valence electrons. The molecule has 1 spiro atoms. The highest BCUT2D eigenvalue weighted by Gasteiger charge is 2.68. The van der Waals surface area contributed by atoms with E-state index in [1.165, 1.54) is 25.7 Å². The number of aliphatic hydroxyl groups excluding tert-OH is 1. The molecule has 3 heteroatoms. The third-order valence-electron chi connectivity index (χ3n) is 9.26. The lowest BCUT2D eigenvalue weighted by atomic mass is 9.40. The number of carbonyl (C=O) groups excluding carboxylic acids is 1. The molecule has 7 atom stereocenters. The molecule has 4 fully saturated rings. The summed E-state index contributed by atoms with van der Waals surface area (Å²) in [5.74, 6) is 1.10. The molecule has 0 aliphatic heterocycles. The van der Waals surface area contributed by atoms with Crippen molar-refractivity contribution in [3.63, 3.8) is 0 Å². The van der Waals surface area contributed by atoms with Gasteiger partial charge in [0.25, 0.3) is 0 Å². The van der Waals surface area contributed by atoms with Crippen molar-refractivity contribution in [2.24, 2.45) is 33.5 Å². The highest BCUT2D eigenvalue weighted by atomic mass is 16.5. The lowest BCUT2D eigenvalue weighted by molar-refractivity contribution is -0.185. The van der Waals surface area contributed by atoms with Gasteiger partial charge in [0.15, 0.2) is 0 Å². The molecule has 2 bridgehead atoms. The highest BCUT2D eigenvalue weighted by molar-refractivity contribution is 5.77. The Morgan fingerprint density at radius 2 is 1.75 bits per heavy atom. The van der Waals surface area contributed by atoms with E-state index in [2.05, 4.69) is 20.8 Å². The Labute approximate surface area is 146 Å². The largest absolute Gasteiger partial charge is 0.469 e. The maximum Gasteiger partial charge on any atom is 0.311 e. The number of hydrogen-bond acceptors (Lipinski definition) is 3. The first-order valence-corrected chi connectivity index (χ1v) is 9.97. The van der Waals surface area contributed by atoms with E-state index in [1.807, 2.05) is 0 Å². The zero-order valence-corrected chi connectivity index (χ0v) is 15.9. The molecule has 4 saturated carbocycles. The third kappa shape index (κ3) is 1.91. The SMILES string of the molecule is COC(=O)[C@]1(C)CCCC2(C)[C@@H]3CCC4(C)CC3(CC[C@@H]21)CC4O. The van der Waals surface area contributed by atoms with Gasteiger partial charge in [0.2, 0.25) is 0 Å². The third-order valence-corrected chi connectivity index (χ3v) is 9.26. The summed E-state index contributed by atoms with van der Waals surface area (Å²) in [6, 6.07) is 0. The summed E-state index contributed by atoms with van der Waals surface area (Å²) in [5, 5.41) is 10.7. The number of hydrogen-bond donors (Lipinski definition) is 1. The molecule has 0 aromatic heterocycles. The summed E-state index contributed by atoms with van der Waals surface area (Å²) >= 11 is 0. The standard InChI is InChI=1S/C21H34O3/c1-18-10-6-15-19(2)8-5-9-20(3,17(23)24-4)14(19)7-11-21(15,13-18)12-16(18)22/h14-16,22H,5-13H2,1-4H3/t14-,15-,16?,18?,19?,20+,21?/m0/s1. The molecule has 3 nitrogen and oxygen atoms in total. The molecule has 0 amide bonds. The first-order valence-electron chi connectivity index (χ1n) is 9.97. The van der Waals surface area contributed by atoms with E-state index in [0.717, 1.165) is 32.1 Å². The summed E-state index contributed by atoms with van der Waals surface area (Å²) in [4.78, 5) is 12.6. The van der Waals surface area contributed by atoms with Crippen LogP contribution in [-0.4, -0.2) is 24.3 Å². The molecule has 4 aliphatic carbocycles. The molecule has 4 aliphatic rings. The minimum absolute atomic E-state index is 0.00137. The number of rotatable bonds is 1. The molecular weight excluding hydrogens is 300 g/mol. The fraction of sp³-hybridized carbons (Fsp3) is 0.952. The van der Waals surface area contributed by atoms with Gasteiger partial charge in [-0.15, -0.1) is 0 Å². The monoisotopic (exact) mass is 334 g/mol. The quantitative estimate of drug-likeness (QED) is 0.726. The lowest BCUT2D eigenvalue weighted by Crippen LogP contribution is -2.58. The second kappa shape index (κ2) is 4.99. The number of methoxy groups -OCH3 is 1. The van der Waals surface area contributed by atoms with Gasteiger partial charge in [-0.05, 0) is 86.4 Å². The summed E-state index contributed by atoms with van der Waals surface area (Å²) in [6.45, 7) is 6.93. The Bertz CT molecular complexity index is 559. The van der Waals surface area contributed by atoms with Crippen molar-refractivity contribution < 1.29 is 14.6 Å². The Hall–Kier alpha value is -0.570. The van der Waals surface area contributed by atoms with Gasteiger partial charge in [0.1, 0.15) is 0 Å². The predicted molar refractivity (Wildman–Crippen MR) is 93.3 cm³/mol. The van der Waals surface area contributed by atoms with Gasteiger partial charge in [-0.25, -0.2) is 0 Å². The second-order valence-electron chi connectivity index (χ2n) is 10.4. The van der Waals surface area contributed by atoms with Crippen molar-refractivity contribution in [1.82, 2.24) is 0 Å². The molecule has 0 aromatic carbocycles. The van der Waals surface area contributed by atoms with Crippen LogP contribution < -0.4 is 0 Å². The number of carbonyl (C=O) groups is 1. The summed E-state index contributed by atoms with van der Waals surface area (Å²) in [7, 11) is 1.54. The van der Waals surface area contributed by atoms with Gasteiger partial charge in [-0.2, -0.15) is 0 Å². The second-order valence-corrected chi connectivity index (χ2v) is 10.4. The Kier molecular flexibility index (Phi) is 3.51. The van der Waals surface area contributed by atoms with E-state index in [0.29, 0.717) is 17.3 Å². The van der Waals surface area contributed by atoms with Gasteiger partial charge in [0.05, 0.1) is 18.6 Å². The van der Waals surface area contributed by atoms with E-state index in [9.17, 15) is 9.90 Å². The Morgan fingerprint density at radius 1 is 1.04 bits per heavy atom. The van der Waals surface area contributed by atoms with Crippen LogP contribution in [0.25, 0.3) is 0 Å². The lowest BCUT2D eigenvalue weighted by Gasteiger charge is -2.64. The summed E-state index contributed by atoms with van der Waals surface area (Å²) < 4.78 is 5.24. The zero-order chi connectivity index (χ0) is 17.4. The van der Waals surface area contributed by atoms with Crippen LogP contribution in [0.3, 0.4) is 0 Å². The van der Waals surface area contributed by atoms with Gasteiger partial charge >= 0.3 is 5.97 Å². The van der Waals surface area contributed by atoms with Gasteiger partial charge < -0.3 is 9.84 Å². The van der Waals surface area contributed by atoms with E-state index in [-0.39, 0.29) is 28.3 Å². The van der Waals surface area contributed by atoms with Crippen molar-refractivity contribution in [2.75, 3.05) is 7.11 Å². The van der Waals surface area contributed by atoms with E-state index < -0.39 is 0 Å². The van der Waals surface area contributed by atoms with Crippen molar-refractivity contribution in [3.05, 3.63) is 0 Å². The molecule has 1 N–H and O–H groups in total. The van der Waals surface area contributed by atoms with Gasteiger partial charge in [0, 0.05) is 0 Å². The molecule has 0 heterocycles. The molecule has 4 unspecified atom stereocenters. The number of ether oxygens (including phenoxy) is 1. The smallest absolute Gasteiger partial charge is 0.311 e. The van der Waals surface area contributed by atoms with Crippen LogP contribution in [0.1, 0.15) is 78.6 Å². The number of aliphatic hydroxyl groups is 1. The topological polar surface area (TPSA) is 46.5 Å². The fourth-order valence-corrected chi connectivity index (χ4v) is 8.21. The van der Waals surface area contributed by atoms with Crippen LogP contribution >= 0.6 is 0 Å². The van der Waals surface area contributed by atoms with E-state index >= 15 is 0 Å². The van der Waals surface area contributed by atoms with Gasteiger partial charge in [-0.3, -0.25) is 4.79 Å². The minimum Gasteiger partial charge on any atom is -0.469 e. The molecule has 24 heavy (non-hydrogen) atoms. The average molecular weight is 335 g/mol. The molecule has 4 rings (SSSR count).